The summed E-state index contributed by atoms with van der Waals surface area (Å²) in [5.74, 6) is 0. The SMILES string of the molecule is Cn1cc(C(N)CO)n(C)c1=O. The molecule has 0 aliphatic heterocycles. The smallest absolute Gasteiger partial charge is 0.327 e. The predicted molar refractivity (Wildman–Crippen MR) is 44.7 cm³/mol. The van der Waals surface area contributed by atoms with Crippen LogP contribution < -0.4 is 11.4 Å². The molecule has 68 valence electrons. The van der Waals surface area contributed by atoms with Crippen molar-refractivity contribution in [3.63, 3.8) is 0 Å². The third-order valence-electron chi connectivity index (χ3n) is 1.88. The molecule has 5 heteroatoms. The van der Waals surface area contributed by atoms with E-state index in [1.165, 1.54) is 9.13 Å². The lowest BCUT2D eigenvalue weighted by Gasteiger charge is -2.06. The average molecular weight is 171 g/mol. The summed E-state index contributed by atoms with van der Waals surface area (Å²) in [6, 6.07) is -0.483. The predicted octanol–water partition coefficient (Wildman–Crippen LogP) is -1.28. The number of hydrogen-bond acceptors (Lipinski definition) is 3. The molecule has 5 nitrogen and oxygen atoms in total. The molecule has 1 aromatic heterocycles. The summed E-state index contributed by atoms with van der Waals surface area (Å²) in [5.41, 5.74) is 6.07. The molecule has 0 aliphatic rings. The second kappa shape index (κ2) is 3.12. The largest absolute Gasteiger partial charge is 0.394 e. The molecule has 1 aromatic rings. The second-order valence-electron chi connectivity index (χ2n) is 2.80. The topological polar surface area (TPSA) is 73.2 Å². The zero-order valence-corrected chi connectivity index (χ0v) is 7.19. The number of rotatable bonds is 2. The molecule has 0 spiro atoms. The third-order valence-corrected chi connectivity index (χ3v) is 1.88. The van der Waals surface area contributed by atoms with Crippen LogP contribution in [0.5, 0.6) is 0 Å². The molecular weight excluding hydrogens is 158 g/mol. The highest BCUT2D eigenvalue weighted by atomic mass is 16.3. The van der Waals surface area contributed by atoms with E-state index in [0.717, 1.165) is 0 Å². The van der Waals surface area contributed by atoms with Gasteiger partial charge in [-0.3, -0.25) is 4.57 Å². The molecule has 1 atom stereocenters. The van der Waals surface area contributed by atoms with Gasteiger partial charge in [0.15, 0.2) is 0 Å². The van der Waals surface area contributed by atoms with Crippen molar-refractivity contribution in [3.8, 4) is 0 Å². The summed E-state index contributed by atoms with van der Waals surface area (Å²) in [5, 5.41) is 8.76. The standard InChI is InChI=1S/C7H13N3O2/c1-9-3-6(5(8)4-11)10(2)7(9)12/h3,5,11H,4,8H2,1-2H3. The number of aryl methyl sites for hydroxylation is 1. The highest BCUT2D eigenvalue weighted by Gasteiger charge is 2.11. The first-order valence-corrected chi connectivity index (χ1v) is 3.66. The summed E-state index contributed by atoms with van der Waals surface area (Å²) in [6.07, 6.45) is 1.63. The van der Waals surface area contributed by atoms with Crippen molar-refractivity contribution in [2.45, 2.75) is 6.04 Å². The Kier molecular flexibility index (Phi) is 2.35. The van der Waals surface area contributed by atoms with Gasteiger partial charge in [0.2, 0.25) is 0 Å². The van der Waals surface area contributed by atoms with Gasteiger partial charge in [-0.25, -0.2) is 4.79 Å². The van der Waals surface area contributed by atoms with E-state index in [0.29, 0.717) is 5.69 Å². The molecule has 12 heavy (non-hydrogen) atoms. The van der Waals surface area contributed by atoms with Crippen LogP contribution in [0.4, 0.5) is 0 Å². The van der Waals surface area contributed by atoms with Crippen molar-refractivity contribution < 1.29 is 5.11 Å². The molecule has 0 saturated heterocycles. The molecule has 1 unspecified atom stereocenters. The Hall–Kier alpha value is -1.07. The van der Waals surface area contributed by atoms with Crippen LogP contribution in [0.15, 0.2) is 11.0 Å². The second-order valence-corrected chi connectivity index (χ2v) is 2.80. The van der Waals surface area contributed by atoms with E-state index in [1.807, 2.05) is 0 Å². The molecule has 0 amide bonds. The highest BCUT2D eigenvalue weighted by molar-refractivity contribution is 5.05. The quantitative estimate of drug-likeness (QED) is 0.582. The van der Waals surface area contributed by atoms with Crippen LogP contribution >= 0.6 is 0 Å². The molecule has 0 aromatic carbocycles. The van der Waals surface area contributed by atoms with E-state index in [4.69, 9.17) is 10.8 Å². The van der Waals surface area contributed by atoms with Gasteiger partial charge in [0.25, 0.3) is 0 Å². The zero-order chi connectivity index (χ0) is 9.30. The van der Waals surface area contributed by atoms with Gasteiger partial charge in [-0.1, -0.05) is 0 Å². The number of aliphatic hydroxyl groups excluding tert-OH is 1. The maximum absolute atomic E-state index is 11.2. The first kappa shape index (κ1) is 9.02. The Morgan fingerprint density at radius 3 is 2.58 bits per heavy atom. The number of hydrogen-bond donors (Lipinski definition) is 2. The molecule has 0 fully saturated rings. The Labute approximate surface area is 70.0 Å². The van der Waals surface area contributed by atoms with Gasteiger partial charge in [-0.15, -0.1) is 0 Å². The lowest BCUT2D eigenvalue weighted by atomic mass is 10.2. The van der Waals surface area contributed by atoms with Gasteiger partial charge in [-0.05, 0) is 0 Å². The van der Waals surface area contributed by atoms with Crippen molar-refractivity contribution in [1.29, 1.82) is 0 Å². The fraction of sp³-hybridized carbons (Fsp3) is 0.571. The Morgan fingerprint density at radius 2 is 2.25 bits per heavy atom. The van der Waals surface area contributed by atoms with Crippen molar-refractivity contribution in [3.05, 3.63) is 22.4 Å². The summed E-state index contributed by atoms with van der Waals surface area (Å²) in [4.78, 5) is 11.2. The number of aromatic nitrogens is 2. The molecule has 1 heterocycles. The summed E-state index contributed by atoms with van der Waals surface area (Å²) in [6.45, 7) is -0.155. The summed E-state index contributed by atoms with van der Waals surface area (Å²) >= 11 is 0. The number of imidazole rings is 1. The molecule has 3 N–H and O–H groups in total. The first-order valence-electron chi connectivity index (χ1n) is 3.66. The number of nitrogens with zero attached hydrogens (tertiary/aromatic N) is 2. The highest BCUT2D eigenvalue weighted by Crippen LogP contribution is 2.05. The van der Waals surface area contributed by atoms with Crippen LogP contribution in [0.2, 0.25) is 0 Å². The van der Waals surface area contributed by atoms with Crippen molar-refractivity contribution in [1.82, 2.24) is 9.13 Å². The summed E-state index contributed by atoms with van der Waals surface area (Å²) in [7, 11) is 3.28. The lowest BCUT2D eigenvalue weighted by Crippen LogP contribution is -2.24. The Balaban J connectivity index is 3.18. The Bertz CT molecular complexity index is 326. The van der Waals surface area contributed by atoms with Crippen molar-refractivity contribution in [2.75, 3.05) is 6.61 Å². The van der Waals surface area contributed by atoms with Crippen LogP contribution in [-0.2, 0) is 14.1 Å². The minimum Gasteiger partial charge on any atom is -0.394 e. The molecule has 1 rings (SSSR count). The van der Waals surface area contributed by atoms with E-state index in [-0.39, 0.29) is 12.3 Å². The van der Waals surface area contributed by atoms with Gasteiger partial charge < -0.3 is 15.4 Å². The van der Waals surface area contributed by atoms with Crippen LogP contribution in [-0.4, -0.2) is 20.8 Å². The van der Waals surface area contributed by atoms with E-state index < -0.39 is 6.04 Å². The van der Waals surface area contributed by atoms with E-state index in [9.17, 15) is 4.79 Å². The van der Waals surface area contributed by atoms with Gasteiger partial charge in [0.1, 0.15) is 0 Å². The van der Waals surface area contributed by atoms with Crippen LogP contribution in [0.25, 0.3) is 0 Å². The molecule has 0 bridgehead atoms. The fourth-order valence-corrected chi connectivity index (χ4v) is 1.13. The average Bonchev–Trinajstić information content (AvgIpc) is 2.32. The number of nitrogens with two attached hydrogens (primary N) is 1. The summed E-state index contributed by atoms with van der Waals surface area (Å²) < 4.78 is 2.87. The van der Waals surface area contributed by atoms with Gasteiger partial charge in [0, 0.05) is 20.3 Å². The normalized spacial score (nSPS) is 13.3. The molecule has 0 saturated carbocycles. The van der Waals surface area contributed by atoms with Crippen molar-refractivity contribution in [2.24, 2.45) is 19.8 Å². The number of aliphatic hydroxyl groups is 1. The van der Waals surface area contributed by atoms with E-state index >= 15 is 0 Å². The molecule has 0 aliphatic carbocycles. The van der Waals surface area contributed by atoms with Crippen LogP contribution in [0.3, 0.4) is 0 Å². The Morgan fingerprint density at radius 1 is 1.67 bits per heavy atom. The fourth-order valence-electron chi connectivity index (χ4n) is 1.13. The maximum Gasteiger partial charge on any atom is 0.327 e. The monoisotopic (exact) mass is 171 g/mol. The minimum absolute atomic E-state index is 0.131. The van der Waals surface area contributed by atoms with Gasteiger partial charge >= 0.3 is 5.69 Å². The van der Waals surface area contributed by atoms with Crippen LogP contribution in [0, 0.1) is 0 Å². The zero-order valence-electron chi connectivity index (χ0n) is 7.19. The van der Waals surface area contributed by atoms with E-state index in [1.54, 1.807) is 20.3 Å². The minimum atomic E-state index is -0.483. The lowest BCUT2D eigenvalue weighted by molar-refractivity contribution is 0.264. The van der Waals surface area contributed by atoms with Crippen LogP contribution in [0.1, 0.15) is 11.7 Å². The van der Waals surface area contributed by atoms with Crippen molar-refractivity contribution >= 4 is 0 Å². The van der Waals surface area contributed by atoms with E-state index in [2.05, 4.69) is 0 Å². The van der Waals surface area contributed by atoms with Gasteiger partial charge in [-0.2, -0.15) is 0 Å². The molecule has 0 radical (unpaired) electrons. The first-order chi connectivity index (χ1) is 5.57. The molecular formula is C7H13N3O2. The maximum atomic E-state index is 11.2. The third kappa shape index (κ3) is 1.28. The van der Waals surface area contributed by atoms with Gasteiger partial charge in [0.05, 0.1) is 18.3 Å².